The average Bonchev–Trinajstić information content (AvgIpc) is 3.16. The van der Waals surface area contributed by atoms with Gasteiger partial charge >= 0.3 is 0 Å². The Morgan fingerprint density at radius 1 is 1.14 bits per heavy atom. The number of nitrogens with one attached hydrogen (secondary N) is 1. The van der Waals surface area contributed by atoms with Crippen LogP contribution in [0.15, 0.2) is 60.8 Å². The van der Waals surface area contributed by atoms with Crippen molar-refractivity contribution in [2.75, 3.05) is 5.32 Å². The van der Waals surface area contributed by atoms with Gasteiger partial charge in [0.05, 0.1) is 5.69 Å². The molecule has 0 bridgehead atoms. The van der Waals surface area contributed by atoms with E-state index in [0.717, 1.165) is 16.8 Å². The molecule has 1 N–H and O–H groups in total. The highest BCUT2D eigenvalue weighted by molar-refractivity contribution is 5.69. The lowest BCUT2D eigenvalue weighted by molar-refractivity contribution is -0.105. The number of rotatable bonds is 6. The highest BCUT2D eigenvalue weighted by atomic mass is 16.5. The van der Waals surface area contributed by atoms with Crippen molar-refractivity contribution in [3.05, 3.63) is 72.1 Å². The maximum atomic E-state index is 10.6. The number of anilines is 1. The number of amides is 1. The summed E-state index contributed by atoms with van der Waals surface area (Å²) in [7, 11) is 0. The molecule has 0 saturated heterocycles. The third kappa shape index (κ3) is 3.50. The summed E-state index contributed by atoms with van der Waals surface area (Å²) in [4.78, 5) is 18.9. The van der Waals surface area contributed by atoms with E-state index in [1.54, 1.807) is 16.8 Å². The third-order valence-electron chi connectivity index (χ3n) is 4.04. The first-order valence-electron chi connectivity index (χ1n) is 8.41. The number of hydrogen-bond donors (Lipinski definition) is 1. The van der Waals surface area contributed by atoms with Crippen molar-refractivity contribution in [3.8, 4) is 23.1 Å². The minimum absolute atomic E-state index is 0.249. The molecule has 0 unspecified atom stereocenters. The van der Waals surface area contributed by atoms with E-state index in [4.69, 9.17) is 10.00 Å². The van der Waals surface area contributed by atoms with E-state index >= 15 is 0 Å². The van der Waals surface area contributed by atoms with Crippen molar-refractivity contribution in [2.24, 2.45) is 0 Å². The van der Waals surface area contributed by atoms with Crippen LogP contribution in [-0.4, -0.2) is 26.0 Å². The van der Waals surface area contributed by atoms with Crippen LogP contribution in [-0.2, 0) is 11.4 Å². The lowest BCUT2D eigenvalue weighted by Crippen LogP contribution is -1.98. The molecule has 3 heterocycles. The zero-order valence-corrected chi connectivity index (χ0v) is 14.6. The summed E-state index contributed by atoms with van der Waals surface area (Å²) in [5.74, 6) is 0.959. The van der Waals surface area contributed by atoms with Gasteiger partial charge in [0, 0.05) is 17.3 Å². The molecule has 0 atom stereocenters. The summed E-state index contributed by atoms with van der Waals surface area (Å²) in [5.41, 5.74) is 3.66. The van der Waals surface area contributed by atoms with Gasteiger partial charge in [0.25, 0.3) is 0 Å². The first kappa shape index (κ1) is 17.2. The van der Waals surface area contributed by atoms with E-state index in [0.29, 0.717) is 30.1 Å². The van der Waals surface area contributed by atoms with Crippen molar-refractivity contribution in [3.63, 3.8) is 0 Å². The number of carbonyl (C=O) groups excluding carboxylic acids is 1. The Labute approximate surface area is 160 Å². The smallest absolute Gasteiger partial charge is 0.249 e. The third-order valence-corrected chi connectivity index (χ3v) is 4.04. The summed E-state index contributed by atoms with van der Waals surface area (Å²) in [6, 6.07) is 18.7. The van der Waals surface area contributed by atoms with Gasteiger partial charge in [-0.1, -0.05) is 12.1 Å². The van der Waals surface area contributed by atoms with Crippen molar-refractivity contribution < 1.29 is 9.53 Å². The Hall–Kier alpha value is -4.25. The number of fused-ring (bicyclic) bond motifs is 1. The van der Waals surface area contributed by atoms with Gasteiger partial charge in [-0.25, -0.2) is 9.50 Å². The number of benzene rings is 1. The number of nitrogens with zero attached hydrogens (tertiary/aromatic N) is 5. The molecule has 8 nitrogen and oxygen atoms in total. The van der Waals surface area contributed by atoms with E-state index in [2.05, 4.69) is 20.4 Å². The fraction of sp³-hybridized carbons (Fsp3) is 0.0500. The zero-order valence-electron chi connectivity index (χ0n) is 14.6. The SMILES string of the molecule is N#Cc1ccc(COc2ccc(-c3cccc4nc(NC=O)nn34)cc2)cn1. The summed E-state index contributed by atoms with van der Waals surface area (Å²) in [5, 5.41) is 15.5. The minimum Gasteiger partial charge on any atom is -0.489 e. The summed E-state index contributed by atoms with van der Waals surface area (Å²) >= 11 is 0. The fourth-order valence-corrected chi connectivity index (χ4v) is 2.70. The van der Waals surface area contributed by atoms with Gasteiger partial charge in [-0.2, -0.15) is 10.2 Å². The minimum atomic E-state index is 0.249. The predicted octanol–water partition coefficient (Wildman–Crippen LogP) is 2.81. The van der Waals surface area contributed by atoms with E-state index in [1.165, 1.54) is 0 Å². The Kier molecular flexibility index (Phi) is 4.63. The molecule has 0 radical (unpaired) electrons. The Morgan fingerprint density at radius 2 is 2.00 bits per heavy atom. The monoisotopic (exact) mass is 370 g/mol. The number of aromatic nitrogens is 4. The summed E-state index contributed by atoms with van der Waals surface area (Å²) in [6.07, 6.45) is 2.17. The molecule has 0 aliphatic carbocycles. The van der Waals surface area contributed by atoms with Crippen LogP contribution in [0.1, 0.15) is 11.3 Å². The van der Waals surface area contributed by atoms with Crippen LogP contribution >= 0.6 is 0 Å². The molecule has 0 aliphatic heterocycles. The summed E-state index contributed by atoms with van der Waals surface area (Å²) in [6.45, 7) is 0.359. The molecule has 0 fully saturated rings. The van der Waals surface area contributed by atoms with Crippen LogP contribution < -0.4 is 10.1 Å². The second kappa shape index (κ2) is 7.55. The number of hydrogen-bond acceptors (Lipinski definition) is 6. The van der Waals surface area contributed by atoms with E-state index < -0.39 is 0 Å². The van der Waals surface area contributed by atoms with Gasteiger partial charge in [0.1, 0.15) is 24.1 Å². The molecule has 3 aromatic heterocycles. The summed E-state index contributed by atoms with van der Waals surface area (Å²) < 4.78 is 7.44. The van der Waals surface area contributed by atoms with Crippen LogP contribution in [0.25, 0.3) is 16.9 Å². The molecule has 28 heavy (non-hydrogen) atoms. The molecule has 136 valence electrons. The highest BCUT2D eigenvalue weighted by Crippen LogP contribution is 2.24. The first-order chi connectivity index (χ1) is 13.8. The van der Waals surface area contributed by atoms with Gasteiger partial charge in [-0.05, 0) is 42.5 Å². The Morgan fingerprint density at radius 3 is 2.71 bits per heavy atom. The molecule has 0 aliphatic rings. The second-order valence-electron chi connectivity index (χ2n) is 5.86. The molecule has 4 rings (SSSR count). The van der Waals surface area contributed by atoms with Crippen LogP contribution in [0.5, 0.6) is 5.75 Å². The van der Waals surface area contributed by atoms with Crippen molar-refractivity contribution >= 4 is 18.0 Å². The van der Waals surface area contributed by atoms with Gasteiger partial charge in [-0.15, -0.1) is 5.10 Å². The number of carbonyl (C=O) groups is 1. The van der Waals surface area contributed by atoms with Gasteiger partial charge in [0.2, 0.25) is 12.4 Å². The Bertz CT molecular complexity index is 1160. The topological polar surface area (TPSA) is 105 Å². The van der Waals surface area contributed by atoms with Crippen molar-refractivity contribution in [1.82, 2.24) is 19.6 Å². The number of nitriles is 1. The lowest BCUT2D eigenvalue weighted by atomic mass is 10.1. The quantitative estimate of drug-likeness (QED) is 0.523. The van der Waals surface area contributed by atoms with Crippen LogP contribution in [0.2, 0.25) is 0 Å². The second-order valence-corrected chi connectivity index (χ2v) is 5.86. The predicted molar refractivity (Wildman–Crippen MR) is 101 cm³/mol. The molecular formula is C20H14N6O2. The molecule has 0 saturated carbocycles. The molecular weight excluding hydrogens is 356 g/mol. The number of ether oxygens (including phenoxy) is 1. The Balaban J connectivity index is 1.52. The normalized spacial score (nSPS) is 10.4. The molecule has 8 heteroatoms. The van der Waals surface area contributed by atoms with Gasteiger partial charge in [-0.3, -0.25) is 10.1 Å². The van der Waals surface area contributed by atoms with Crippen LogP contribution in [0.3, 0.4) is 0 Å². The van der Waals surface area contributed by atoms with E-state index in [9.17, 15) is 4.79 Å². The fourth-order valence-electron chi connectivity index (χ4n) is 2.70. The average molecular weight is 370 g/mol. The van der Waals surface area contributed by atoms with Gasteiger partial charge < -0.3 is 4.74 Å². The lowest BCUT2D eigenvalue weighted by Gasteiger charge is -2.08. The first-order valence-corrected chi connectivity index (χ1v) is 8.41. The maximum Gasteiger partial charge on any atom is 0.249 e. The standard InChI is InChI=1S/C20H14N6O2/c21-10-16-7-4-14(11-22-16)12-28-17-8-5-15(6-9-17)18-2-1-3-19-24-20(23-13-27)25-26(18)19/h1-9,11,13H,12H2,(H,23,25,27). The number of pyridine rings is 2. The van der Waals surface area contributed by atoms with Gasteiger partial charge in [0.15, 0.2) is 5.65 Å². The van der Waals surface area contributed by atoms with Crippen LogP contribution in [0, 0.1) is 11.3 Å². The van der Waals surface area contributed by atoms with E-state index in [-0.39, 0.29) is 5.95 Å². The molecule has 0 spiro atoms. The van der Waals surface area contributed by atoms with Crippen molar-refractivity contribution in [1.29, 1.82) is 5.26 Å². The van der Waals surface area contributed by atoms with Crippen LogP contribution in [0.4, 0.5) is 5.95 Å². The maximum absolute atomic E-state index is 10.6. The molecule has 4 aromatic rings. The zero-order chi connectivity index (χ0) is 19.3. The highest BCUT2D eigenvalue weighted by Gasteiger charge is 2.08. The van der Waals surface area contributed by atoms with E-state index in [1.807, 2.05) is 54.6 Å². The molecule has 1 amide bonds. The molecule has 1 aromatic carbocycles. The largest absolute Gasteiger partial charge is 0.489 e. The van der Waals surface area contributed by atoms with Crippen molar-refractivity contribution in [2.45, 2.75) is 6.61 Å².